The number of hydrogen-bond donors (Lipinski definition) is 3. The number of H-pyrrole nitrogens is 1. The van der Waals surface area contributed by atoms with Crippen molar-refractivity contribution >= 4 is 28.9 Å². The summed E-state index contributed by atoms with van der Waals surface area (Å²) in [6.07, 6.45) is 8.49. The standard InChI is InChI=1S/C38H43N5O4/c44-36-35(24-32-25-39-34-16-8-7-15-33(32)34)40-37(45)43(36)27-31(30-13-5-2-6-14-30)19-23-41-21-17-28(18-22-41)12-9-20-42(38(46)47)26-29-10-3-1-4-11-29/h1-16,25,28,31,35,39H,17-24,26-27H2,(H,40,45)(H,46,47)/t31?,35-/m1/s1. The number of fused-ring (bicyclic) bond motifs is 1. The van der Waals surface area contributed by atoms with Crippen LogP contribution in [0.15, 0.2) is 103 Å². The minimum atomic E-state index is -0.917. The van der Waals surface area contributed by atoms with Crippen LogP contribution in [0.1, 0.15) is 41.9 Å². The van der Waals surface area contributed by atoms with Gasteiger partial charge in [-0.25, -0.2) is 9.59 Å². The zero-order chi connectivity index (χ0) is 32.6. The van der Waals surface area contributed by atoms with Crippen molar-refractivity contribution in [1.29, 1.82) is 0 Å². The summed E-state index contributed by atoms with van der Waals surface area (Å²) >= 11 is 0. The van der Waals surface area contributed by atoms with Gasteiger partial charge in [-0.05, 0) is 67.6 Å². The number of para-hydroxylation sites is 1. The third-order valence-electron chi connectivity index (χ3n) is 9.53. The number of imide groups is 1. The van der Waals surface area contributed by atoms with Crippen LogP contribution in [0.2, 0.25) is 0 Å². The number of aromatic nitrogens is 1. The first-order valence-electron chi connectivity index (χ1n) is 16.6. The predicted octanol–water partition coefficient (Wildman–Crippen LogP) is 6.25. The molecule has 2 atom stereocenters. The van der Waals surface area contributed by atoms with Crippen LogP contribution in [0.3, 0.4) is 0 Å². The van der Waals surface area contributed by atoms with Crippen LogP contribution in [0.4, 0.5) is 9.59 Å². The topological polar surface area (TPSA) is 109 Å². The number of amides is 4. The lowest BCUT2D eigenvalue weighted by molar-refractivity contribution is -0.127. The lowest BCUT2D eigenvalue weighted by Crippen LogP contribution is -2.38. The molecule has 0 radical (unpaired) electrons. The number of carbonyl (C=O) groups is 3. The fourth-order valence-corrected chi connectivity index (χ4v) is 6.82. The van der Waals surface area contributed by atoms with Crippen molar-refractivity contribution in [2.24, 2.45) is 5.92 Å². The van der Waals surface area contributed by atoms with E-state index in [4.69, 9.17) is 0 Å². The van der Waals surface area contributed by atoms with E-state index in [1.54, 1.807) is 0 Å². The maximum absolute atomic E-state index is 13.5. The molecular formula is C38H43N5O4. The maximum Gasteiger partial charge on any atom is 0.407 e. The summed E-state index contributed by atoms with van der Waals surface area (Å²) in [6.45, 7) is 3.88. The third-order valence-corrected chi connectivity index (χ3v) is 9.53. The van der Waals surface area contributed by atoms with Crippen LogP contribution in [0.5, 0.6) is 0 Å². The summed E-state index contributed by atoms with van der Waals surface area (Å²) in [6, 6.07) is 26.9. The molecule has 0 spiro atoms. The number of nitrogens with one attached hydrogen (secondary N) is 2. The SMILES string of the molecule is O=C(O)N(CC=CC1CCN(CCC(CN2C(=O)N[C@H](Cc3c[nH]c4ccccc34)C2=O)c2ccccc2)CC1)Cc1ccccc1. The van der Waals surface area contributed by atoms with Crippen molar-refractivity contribution in [3.05, 3.63) is 120 Å². The molecule has 0 bridgehead atoms. The average Bonchev–Trinajstić information content (AvgIpc) is 3.62. The Kier molecular flexibility index (Phi) is 10.3. The molecule has 0 aliphatic carbocycles. The Labute approximate surface area is 275 Å². The van der Waals surface area contributed by atoms with E-state index in [0.717, 1.165) is 66.5 Å². The van der Waals surface area contributed by atoms with Crippen LogP contribution < -0.4 is 5.32 Å². The van der Waals surface area contributed by atoms with Gasteiger partial charge in [0.2, 0.25) is 0 Å². The van der Waals surface area contributed by atoms with E-state index >= 15 is 0 Å². The zero-order valence-corrected chi connectivity index (χ0v) is 26.6. The molecule has 4 amide bonds. The normalized spacial score (nSPS) is 18.2. The summed E-state index contributed by atoms with van der Waals surface area (Å²) in [5, 5.41) is 13.7. The summed E-state index contributed by atoms with van der Waals surface area (Å²) in [4.78, 5) is 46.9. The summed E-state index contributed by atoms with van der Waals surface area (Å²) in [5.41, 5.74) is 4.14. The van der Waals surface area contributed by atoms with Crippen molar-refractivity contribution in [1.82, 2.24) is 25.0 Å². The highest BCUT2D eigenvalue weighted by Crippen LogP contribution is 2.27. The number of carbonyl (C=O) groups excluding carboxylic acids is 2. The van der Waals surface area contributed by atoms with Gasteiger partial charge in [0.1, 0.15) is 6.04 Å². The van der Waals surface area contributed by atoms with Crippen molar-refractivity contribution in [2.45, 2.75) is 44.2 Å². The van der Waals surface area contributed by atoms with Crippen molar-refractivity contribution in [2.75, 3.05) is 32.7 Å². The molecule has 9 nitrogen and oxygen atoms in total. The maximum atomic E-state index is 13.5. The van der Waals surface area contributed by atoms with Crippen LogP contribution in [0, 0.1) is 5.92 Å². The largest absolute Gasteiger partial charge is 0.465 e. The van der Waals surface area contributed by atoms with Gasteiger partial charge in [0, 0.05) is 49.1 Å². The zero-order valence-electron chi connectivity index (χ0n) is 26.6. The Bertz CT molecular complexity index is 1680. The molecule has 2 aliphatic heterocycles. The fourth-order valence-electron chi connectivity index (χ4n) is 6.82. The van der Waals surface area contributed by atoms with Gasteiger partial charge >= 0.3 is 12.1 Å². The number of carboxylic acid groups (broad SMARTS) is 1. The number of aromatic amines is 1. The molecule has 3 N–H and O–H groups in total. The molecule has 2 aliphatic rings. The first kappa shape index (κ1) is 32.1. The molecular weight excluding hydrogens is 590 g/mol. The van der Waals surface area contributed by atoms with Gasteiger partial charge in [-0.1, -0.05) is 91.0 Å². The van der Waals surface area contributed by atoms with E-state index in [1.165, 1.54) is 9.80 Å². The molecule has 47 heavy (non-hydrogen) atoms. The number of rotatable bonds is 13. The average molecular weight is 634 g/mol. The monoisotopic (exact) mass is 633 g/mol. The van der Waals surface area contributed by atoms with Gasteiger partial charge < -0.3 is 25.2 Å². The van der Waals surface area contributed by atoms with Gasteiger partial charge in [-0.3, -0.25) is 9.69 Å². The number of urea groups is 1. The number of likely N-dealkylation sites (tertiary alicyclic amines) is 1. The molecule has 6 rings (SSSR count). The second kappa shape index (κ2) is 15.1. The van der Waals surface area contributed by atoms with Crippen LogP contribution in [-0.4, -0.2) is 81.6 Å². The van der Waals surface area contributed by atoms with Crippen LogP contribution in [-0.2, 0) is 17.8 Å². The summed E-state index contributed by atoms with van der Waals surface area (Å²) in [7, 11) is 0. The second-order valence-electron chi connectivity index (χ2n) is 12.7. The van der Waals surface area contributed by atoms with Crippen LogP contribution >= 0.6 is 0 Å². The summed E-state index contributed by atoms with van der Waals surface area (Å²) < 4.78 is 0. The number of piperidine rings is 1. The van der Waals surface area contributed by atoms with Crippen LogP contribution in [0.25, 0.3) is 10.9 Å². The van der Waals surface area contributed by atoms with Gasteiger partial charge in [0.15, 0.2) is 0 Å². The Morgan fingerprint density at radius 3 is 2.40 bits per heavy atom. The van der Waals surface area contributed by atoms with E-state index in [0.29, 0.717) is 32.0 Å². The lowest BCUT2D eigenvalue weighted by atomic mass is 9.93. The first-order chi connectivity index (χ1) is 22.9. The molecule has 3 aromatic carbocycles. The van der Waals surface area contributed by atoms with E-state index in [1.807, 2.05) is 85.1 Å². The van der Waals surface area contributed by atoms with Gasteiger partial charge in [-0.2, -0.15) is 0 Å². The third kappa shape index (κ3) is 8.10. The fraction of sp³-hybridized carbons (Fsp3) is 0.342. The van der Waals surface area contributed by atoms with Gasteiger partial charge in [0.05, 0.1) is 0 Å². The van der Waals surface area contributed by atoms with Crippen molar-refractivity contribution < 1.29 is 19.5 Å². The molecule has 0 saturated carbocycles. The smallest absolute Gasteiger partial charge is 0.407 e. The highest BCUT2D eigenvalue weighted by Gasteiger charge is 2.39. The molecule has 4 aromatic rings. The lowest BCUT2D eigenvalue weighted by Gasteiger charge is -2.32. The minimum absolute atomic E-state index is 0.0296. The van der Waals surface area contributed by atoms with E-state index < -0.39 is 12.1 Å². The predicted molar refractivity (Wildman–Crippen MR) is 183 cm³/mol. The molecule has 244 valence electrons. The number of nitrogens with zero attached hydrogens (tertiary/aromatic N) is 3. The Balaban J connectivity index is 1.01. The minimum Gasteiger partial charge on any atom is -0.465 e. The van der Waals surface area contributed by atoms with Crippen molar-refractivity contribution in [3.63, 3.8) is 0 Å². The number of benzene rings is 3. The highest BCUT2D eigenvalue weighted by atomic mass is 16.4. The Morgan fingerprint density at radius 2 is 1.66 bits per heavy atom. The van der Waals surface area contributed by atoms with Crippen molar-refractivity contribution in [3.8, 4) is 0 Å². The summed E-state index contributed by atoms with van der Waals surface area (Å²) in [5.74, 6) is 0.282. The molecule has 9 heteroatoms. The molecule has 2 fully saturated rings. The van der Waals surface area contributed by atoms with E-state index in [9.17, 15) is 19.5 Å². The van der Waals surface area contributed by atoms with Gasteiger partial charge in [-0.15, -0.1) is 0 Å². The number of hydrogen-bond acceptors (Lipinski definition) is 4. The van der Waals surface area contributed by atoms with E-state index in [-0.39, 0.29) is 17.9 Å². The number of allylic oxidation sites excluding steroid dienone is 1. The van der Waals surface area contributed by atoms with E-state index in [2.05, 4.69) is 33.4 Å². The molecule has 3 heterocycles. The second-order valence-corrected chi connectivity index (χ2v) is 12.7. The first-order valence-corrected chi connectivity index (χ1v) is 16.6. The molecule has 1 aromatic heterocycles. The molecule has 1 unspecified atom stereocenters. The Hall–Kier alpha value is -4.89. The highest BCUT2D eigenvalue weighted by molar-refractivity contribution is 6.04. The quantitative estimate of drug-likeness (QED) is 0.119. The Morgan fingerprint density at radius 1 is 0.957 bits per heavy atom. The molecule has 2 saturated heterocycles. The van der Waals surface area contributed by atoms with Gasteiger partial charge in [0.25, 0.3) is 5.91 Å².